The van der Waals surface area contributed by atoms with E-state index in [1.54, 1.807) is 0 Å². The summed E-state index contributed by atoms with van der Waals surface area (Å²) in [4.78, 5) is 19.4. The van der Waals surface area contributed by atoms with Gasteiger partial charge in [0.2, 0.25) is 5.70 Å². The number of rotatable bonds is 5. The highest BCUT2D eigenvalue weighted by Gasteiger charge is 2.25. The third-order valence-electron chi connectivity index (χ3n) is 5.17. The lowest BCUT2D eigenvalue weighted by Crippen LogP contribution is -3.00. The Hall–Kier alpha value is -2.40. The van der Waals surface area contributed by atoms with Gasteiger partial charge in [0.1, 0.15) is 6.61 Å². The lowest BCUT2D eigenvalue weighted by atomic mass is 10.0. The van der Waals surface area contributed by atoms with Crippen molar-refractivity contribution in [3.8, 4) is 0 Å². The second-order valence-corrected chi connectivity index (χ2v) is 6.99. The van der Waals surface area contributed by atoms with Gasteiger partial charge in [-0.15, -0.1) is 0 Å². The van der Waals surface area contributed by atoms with Crippen LogP contribution in [0, 0.1) is 13.8 Å². The molecule has 0 bridgehead atoms. The molecule has 0 amide bonds. The number of ether oxygens (including phenoxy) is 1. The van der Waals surface area contributed by atoms with E-state index in [0.717, 1.165) is 34.6 Å². The van der Waals surface area contributed by atoms with E-state index in [1.807, 2.05) is 44.2 Å². The molecule has 5 heteroatoms. The van der Waals surface area contributed by atoms with Crippen LogP contribution in [-0.4, -0.2) is 16.7 Å². The quantitative estimate of drug-likeness (QED) is 0.666. The molecule has 0 spiro atoms. The number of hydrogen-bond acceptors (Lipinski definition) is 2. The van der Waals surface area contributed by atoms with Gasteiger partial charge in [0, 0.05) is 35.5 Å². The van der Waals surface area contributed by atoms with Crippen LogP contribution in [0.5, 0.6) is 0 Å². The molecule has 0 fully saturated rings. The SMILES string of the molecule is CCC1=C(C)/C(=C/c2[nH]c(C)c(C(=O)OCc3ccccc3)c2C)[NH+]=C1C.[Br-]. The van der Waals surface area contributed by atoms with Gasteiger partial charge >= 0.3 is 5.97 Å². The maximum absolute atomic E-state index is 12.6. The molecular formula is C23H27BrN2O2. The van der Waals surface area contributed by atoms with Crippen molar-refractivity contribution >= 4 is 17.8 Å². The van der Waals surface area contributed by atoms with Gasteiger partial charge in [0.15, 0.2) is 5.71 Å². The minimum Gasteiger partial charge on any atom is -1.00 e. The summed E-state index contributed by atoms with van der Waals surface area (Å²) in [6, 6.07) is 9.72. The highest BCUT2D eigenvalue weighted by atomic mass is 79.9. The van der Waals surface area contributed by atoms with Crippen LogP contribution in [-0.2, 0) is 11.3 Å². The van der Waals surface area contributed by atoms with Crippen molar-refractivity contribution in [1.82, 2.24) is 4.98 Å². The molecule has 0 saturated carbocycles. The second kappa shape index (κ2) is 9.20. The molecule has 2 aromatic rings. The van der Waals surface area contributed by atoms with Crippen molar-refractivity contribution in [2.75, 3.05) is 0 Å². The number of carbonyl (C=O) groups is 1. The smallest absolute Gasteiger partial charge is 0.340 e. The molecule has 0 saturated heterocycles. The fraction of sp³-hybridized carbons (Fsp3) is 0.304. The first-order chi connectivity index (χ1) is 12.9. The lowest BCUT2D eigenvalue weighted by Gasteiger charge is -2.05. The van der Waals surface area contributed by atoms with Gasteiger partial charge in [0.25, 0.3) is 0 Å². The van der Waals surface area contributed by atoms with Crippen LogP contribution in [0.15, 0.2) is 47.2 Å². The van der Waals surface area contributed by atoms with Crippen molar-refractivity contribution in [3.05, 3.63) is 75.3 Å². The van der Waals surface area contributed by atoms with Crippen molar-refractivity contribution < 1.29 is 31.5 Å². The number of carbonyl (C=O) groups excluding carboxylic acids is 1. The Labute approximate surface area is 177 Å². The molecule has 0 radical (unpaired) electrons. The zero-order valence-electron chi connectivity index (χ0n) is 17.1. The van der Waals surface area contributed by atoms with Crippen LogP contribution in [0.2, 0.25) is 0 Å². The molecule has 0 atom stereocenters. The Kier molecular flexibility index (Phi) is 7.19. The molecule has 0 aliphatic carbocycles. The number of aromatic nitrogens is 1. The topological polar surface area (TPSA) is 56.1 Å². The summed E-state index contributed by atoms with van der Waals surface area (Å²) in [6.45, 7) is 10.5. The van der Waals surface area contributed by atoms with E-state index in [4.69, 9.17) is 4.74 Å². The number of esters is 1. The summed E-state index contributed by atoms with van der Waals surface area (Å²) >= 11 is 0. The molecule has 0 unspecified atom stereocenters. The standard InChI is InChI=1S/C23H26N2O2.BrH/c1-6-19-14(2)20(24-16(19)4)12-21-15(3)22(17(5)25-21)23(26)27-13-18-10-8-7-9-11-18;/h7-12,25H,6,13H2,1-5H3;1H/b20-12-;. The number of benzene rings is 1. The molecule has 148 valence electrons. The van der Waals surface area contributed by atoms with Crippen LogP contribution >= 0.6 is 0 Å². The van der Waals surface area contributed by atoms with Crippen LogP contribution in [0.25, 0.3) is 6.08 Å². The number of aryl methyl sites for hydroxylation is 1. The third kappa shape index (κ3) is 4.36. The van der Waals surface area contributed by atoms with Crippen LogP contribution in [0.1, 0.15) is 60.1 Å². The summed E-state index contributed by atoms with van der Waals surface area (Å²) in [7, 11) is 0. The molecule has 1 aliphatic heterocycles. The summed E-state index contributed by atoms with van der Waals surface area (Å²) in [5, 5.41) is 0. The minimum absolute atomic E-state index is 0. The lowest BCUT2D eigenvalue weighted by molar-refractivity contribution is -0.386. The molecule has 2 heterocycles. The number of halogens is 1. The van der Waals surface area contributed by atoms with Crippen LogP contribution in [0.4, 0.5) is 0 Å². The Morgan fingerprint density at radius 3 is 2.43 bits per heavy atom. The molecule has 3 rings (SSSR count). The monoisotopic (exact) mass is 442 g/mol. The predicted octanol–water partition coefficient (Wildman–Crippen LogP) is 0.615. The molecule has 1 aliphatic rings. The van der Waals surface area contributed by atoms with E-state index in [1.165, 1.54) is 16.9 Å². The van der Waals surface area contributed by atoms with E-state index in [9.17, 15) is 4.79 Å². The van der Waals surface area contributed by atoms with E-state index in [2.05, 4.69) is 36.8 Å². The van der Waals surface area contributed by atoms with E-state index in [0.29, 0.717) is 5.56 Å². The summed E-state index contributed by atoms with van der Waals surface area (Å²) in [5.41, 5.74) is 9.17. The van der Waals surface area contributed by atoms with Gasteiger partial charge in [-0.3, -0.25) is 0 Å². The van der Waals surface area contributed by atoms with E-state index in [-0.39, 0.29) is 29.6 Å². The van der Waals surface area contributed by atoms with Gasteiger partial charge in [-0.2, -0.15) is 0 Å². The molecule has 1 aromatic heterocycles. The average molecular weight is 443 g/mol. The number of nitrogens with one attached hydrogen (secondary N) is 2. The van der Waals surface area contributed by atoms with Gasteiger partial charge in [-0.05, 0) is 38.3 Å². The number of hydrogen-bond donors (Lipinski definition) is 2. The number of H-pyrrole nitrogens is 1. The van der Waals surface area contributed by atoms with Crippen molar-refractivity contribution in [2.24, 2.45) is 0 Å². The van der Waals surface area contributed by atoms with Gasteiger partial charge < -0.3 is 26.7 Å². The second-order valence-electron chi connectivity index (χ2n) is 6.99. The maximum Gasteiger partial charge on any atom is 0.340 e. The number of allylic oxidation sites excluding steroid dienone is 2. The minimum atomic E-state index is -0.293. The van der Waals surface area contributed by atoms with Crippen LogP contribution in [0.3, 0.4) is 0 Å². The largest absolute Gasteiger partial charge is 1.00 e. The van der Waals surface area contributed by atoms with Gasteiger partial charge in [-0.1, -0.05) is 37.3 Å². The molecule has 4 nitrogen and oxygen atoms in total. The summed E-state index contributed by atoms with van der Waals surface area (Å²) in [5.74, 6) is -0.293. The van der Waals surface area contributed by atoms with Crippen LogP contribution < -0.4 is 22.0 Å². The first-order valence-corrected chi connectivity index (χ1v) is 9.35. The molecular weight excluding hydrogens is 416 g/mol. The highest BCUT2D eigenvalue weighted by molar-refractivity contribution is 5.98. The average Bonchev–Trinajstić information content (AvgIpc) is 3.08. The number of aromatic amines is 1. The summed E-state index contributed by atoms with van der Waals surface area (Å²) in [6.07, 6.45) is 3.08. The first kappa shape index (κ1) is 21.9. The van der Waals surface area contributed by atoms with Crippen molar-refractivity contribution in [2.45, 2.75) is 47.6 Å². The molecule has 28 heavy (non-hydrogen) atoms. The maximum atomic E-state index is 12.6. The Balaban J connectivity index is 0.00000280. The molecule has 1 aromatic carbocycles. The van der Waals surface area contributed by atoms with E-state index < -0.39 is 0 Å². The van der Waals surface area contributed by atoms with Gasteiger partial charge in [0.05, 0.1) is 5.56 Å². The van der Waals surface area contributed by atoms with Crippen molar-refractivity contribution in [1.29, 1.82) is 0 Å². The first-order valence-electron chi connectivity index (χ1n) is 9.35. The Bertz CT molecular complexity index is 966. The zero-order valence-corrected chi connectivity index (χ0v) is 18.7. The van der Waals surface area contributed by atoms with Gasteiger partial charge in [-0.25, -0.2) is 9.79 Å². The normalized spacial score (nSPS) is 14.9. The Morgan fingerprint density at radius 1 is 1.14 bits per heavy atom. The molecule has 2 N–H and O–H groups in total. The fourth-order valence-electron chi connectivity index (χ4n) is 3.65. The third-order valence-corrected chi connectivity index (χ3v) is 5.17. The predicted molar refractivity (Wildman–Crippen MR) is 108 cm³/mol. The fourth-order valence-corrected chi connectivity index (χ4v) is 3.65. The summed E-state index contributed by atoms with van der Waals surface area (Å²) < 4.78 is 5.52. The van der Waals surface area contributed by atoms with E-state index >= 15 is 0 Å². The van der Waals surface area contributed by atoms with Crippen molar-refractivity contribution in [3.63, 3.8) is 0 Å². The highest BCUT2D eigenvalue weighted by Crippen LogP contribution is 2.24. The Morgan fingerprint density at radius 2 is 1.82 bits per heavy atom. The zero-order chi connectivity index (χ0) is 19.6.